The smallest absolute Gasteiger partial charge is 0.252 e. The van der Waals surface area contributed by atoms with Crippen molar-refractivity contribution in [1.82, 2.24) is 5.32 Å². The minimum atomic E-state index is -3.25. The summed E-state index contributed by atoms with van der Waals surface area (Å²) in [4.78, 5) is 13.3. The number of aliphatic hydroxyl groups is 1. The molecule has 1 amide bonds. The van der Waals surface area contributed by atoms with Gasteiger partial charge in [-0.15, -0.1) is 0 Å². The molecule has 0 unspecified atom stereocenters. The largest absolute Gasteiger partial charge is 0.394 e. The molecule has 0 bridgehead atoms. The summed E-state index contributed by atoms with van der Waals surface area (Å²) in [7, 11) is -3.25. The third-order valence-corrected chi connectivity index (χ3v) is 9.38. The van der Waals surface area contributed by atoms with Crippen LogP contribution in [0.5, 0.6) is 0 Å². The summed E-state index contributed by atoms with van der Waals surface area (Å²) >= 11 is 0. The third-order valence-electron chi connectivity index (χ3n) is 6.26. The Kier molecular flexibility index (Phi) is 7.65. The lowest BCUT2D eigenvalue weighted by molar-refractivity contribution is 0.0897. The van der Waals surface area contributed by atoms with Crippen molar-refractivity contribution in [2.24, 2.45) is 5.92 Å². The van der Waals surface area contributed by atoms with Crippen LogP contribution >= 0.6 is 7.14 Å². The summed E-state index contributed by atoms with van der Waals surface area (Å²) in [6.45, 7) is 3.77. The van der Waals surface area contributed by atoms with E-state index in [1.807, 2.05) is 117 Å². The van der Waals surface area contributed by atoms with Crippen LogP contribution in [-0.4, -0.2) is 23.7 Å². The number of amides is 1. The lowest BCUT2D eigenvalue weighted by Crippen LogP contribution is -2.41. The Hall–Kier alpha value is -3.46. The first kappa shape index (κ1) is 24.7. The van der Waals surface area contributed by atoms with Crippen LogP contribution in [0.1, 0.15) is 24.2 Å². The highest BCUT2D eigenvalue weighted by atomic mass is 31.2. The molecule has 4 aromatic carbocycles. The predicted molar refractivity (Wildman–Crippen MR) is 144 cm³/mol. The minimum absolute atomic E-state index is 0.0831. The third kappa shape index (κ3) is 5.00. The van der Waals surface area contributed by atoms with E-state index in [0.717, 1.165) is 16.2 Å². The Balaban J connectivity index is 1.91. The number of carbonyl (C=O) groups excluding carboxylic acids is 1. The Labute approximate surface area is 207 Å². The zero-order chi connectivity index (χ0) is 24.8. The van der Waals surface area contributed by atoms with Crippen LogP contribution in [0.2, 0.25) is 0 Å². The van der Waals surface area contributed by atoms with Crippen molar-refractivity contribution in [2.45, 2.75) is 19.9 Å². The van der Waals surface area contributed by atoms with Crippen LogP contribution in [0.15, 0.2) is 109 Å². The Bertz CT molecular complexity index is 1290. The van der Waals surface area contributed by atoms with E-state index >= 15 is 4.57 Å². The second-order valence-corrected chi connectivity index (χ2v) is 11.6. The standard InChI is InChI=1S/C30H30NO3P/c1-22(2)28(21-32)31-30(33)27-19-10-9-17-25(27)26-18-11-12-20-29(26)35(34,23-13-5-3-6-14-23)24-15-7-4-8-16-24/h3-20,22,28,32H,21H2,1-2H3,(H,31,33)/t28-/m1/s1. The highest BCUT2D eigenvalue weighted by Crippen LogP contribution is 2.45. The van der Waals surface area contributed by atoms with E-state index in [0.29, 0.717) is 16.4 Å². The molecule has 0 spiro atoms. The van der Waals surface area contributed by atoms with E-state index in [2.05, 4.69) is 5.32 Å². The molecule has 0 radical (unpaired) electrons. The van der Waals surface area contributed by atoms with E-state index in [9.17, 15) is 9.90 Å². The van der Waals surface area contributed by atoms with Crippen LogP contribution in [-0.2, 0) is 4.57 Å². The van der Waals surface area contributed by atoms with Crippen molar-refractivity contribution in [3.8, 4) is 11.1 Å². The van der Waals surface area contributed by atoms with Gasteiger partial charge in [-0.1, -0.05) is 117 Å². The van der Waals surface area contributed by atoms with Gasteiger partial charge in [0.25, 0.3) is 5.91 Å². The molecule has 0 aliphatic carbocycles. The molecule has 0 aliphatic heterocycles. The fraction of sp³-hybridized carbons (Fsp3) is 0.167. The SMILES string of the molecule is CC(C)[C@@H](CO)NC(=O)c1ccccc1-c1ccccc1P(=O)(c1ccccc1)c1ccccc1. The Morgan fingerprint density at radius 1 is 0.743 bits per heavy atom. The summed E-state index contributed by atoms with van der Waals surface area (Å²) in [5.74, 6) is -0.183. The van der Waals surface area contributed by atoms with Gasteiger partial charge in [-0.05, 0) is 23.1 Å². The monoisotopic (exact) mass is 483 g/mol. The summed E-state index contributed by atoms with van der Waals surface area (Å²) in [5.41, 5.74) is 1.93. The highest BCUT2D eigenvalue weighted by Gasteiger charge is 2.32. The maximum atomic E-state index is 15.1. The Morgan fingerprint density at radius 3 is 1.77 bits per heavy atom. The van der Waals surface area contributed by atoms with Crippen molar-refractivity contribution in [3.05, 3.63) is 115 Å². The van der Waals surface area contributed by atoms with E-state index in [1.54, 1.807) is 6.07 Å². The number of benzene rings is 4. The highest BCUT2D eigenvalue weighted by molar-refractivity contribution is 7.85. The number of nitrogens with one attached hydrogen (secondary N) is 1. The van der Waals surface area contributed by atoms with Crippen molar-refractivity contribution in [2.75, 3.05) is 6.61 Å². The molecule has 5 heteroatoms. The normalized spacial score (nSPS) is 12.3. The van der Waals surface area contributed by atoms with Crippen LogP contribution in [0, 0.1) is 5.92 Å². The molecule has 0 saturated carbocycles. The molecule has 2 N–H and O–H groups in total. The molecule has 0 aromatic heterocycles. The number of hydrogen-bond donors (Lipinski definition) is 2. The fourth-order valence-electron chi connectivity index (χ4n) is 4.26. The quantitative estimate of drug-likeness (QED) is 0.356. The van der Waals surface area contributed by atoms with Gasteiger partial charge in [0.2, 0.25) is 0 Å². The molecule has 4 aromatic rings. The minimum Gasteiger partial charge on any atom is -0.394 e. The summed E-state index contributed by atoms with van der Waals surface area (Å²) in [6.07, 6.45) is 0. The van der Waals surface area contributed by atoms with Crippen LogP contribution in [0.3, 0.4) is 0 Å². The van der Waals surface area contributed by atoms with Gasteiger partial charge >= 0.3 is 0 Å². The maximum absolute atomic E-state index is 15.1. The van der Waals surface area contributed by atoms with Crippen LogP contribution < -0.4 is 21.2 Å². The van der Waals surface area contributed by atoms with E-state index in [1.165, 1.54) is 0 Å². The van der Waals surface area contributed by atoms with Gasteiger partial charge in [0, 0.05) is 21.5 Å². The molecular formula is C30H30NO3P. The first-order valence-corrected chi connectivity index (χ1v) is 13.5. The molecule has 4 nitrogen and oxygen atoms in total. The van der Waals surface area contributed by atoms with Crippen LogP contribution in [0.25, 0.3) is 11.1 Å². The molecule has 0 aliphatic rings. The molecule has 0 heterocycles. The first-order chi connectivity index (χ1) is 17.0. The topological polar surface area (TPSA) is 66.4 Å². The van der Waals surface area contributed by atoms with Crippen molar-refractivity contribution < 1.29 is 14.5 Å². The van der Waals surface area contributed by atoms with Gasteiger partial charge in [0.15, 0.2) is 7.14 Å². The van der Waals surface area contributed by atoms with E-state index in [4.69, 9.17) is 0 Å². The fourth-order valence-corrected chi connectivity index (χ4v) is 7.13. The van der Waals surface area contributed by atoms with E-state index in [-0.39, 0.29) is 24.5 Å². The number of hydrogen-bond acceptors (Lipinski definition) is 3. The lowest BCUT2D eigenvalue weighted by Gasteiger charge is -2.24. The molecular weight excluding hydrogens is 453 g/mol. The zero-order valence-electron chi connectivity index (χ0n) is 20.0. The maximum Gasteiger partial charge on any atom is 0.252 e. The van der Waals surface area contributed by atoms with Gasteiger partial charge < -0.3 is 15.0 Å². The van der Waals surface area contributed by atoms with Gasteiger partial charge in [-0.3, -0.25) is 4.79 Å². The molecule has 1 atom stereocenters. The second kappa shape index (κ2) is 10.9. The number of aliphatic hydroxyl groups excluding tert-OH is 1. The zero-order valence-corrected chi connectivity index (χ0v) is 20.9. The number of rotatable bonds is 8. The average Bonchev–Trinajstić information content (AvgIpc) is 2.92. The van der Waals surface area contributed by atoms with Gasteiger partial charge in [-0.25, -0.2) is 0 Å². The van der Waals surface area contributed by atoms with Gasteiger partial charge in [0.05, 0.1) is 12.6 Å². The Morgan fingerprint density at radius 2 is 1.23 bits per heavy atom. The van der Waals surface area contributed by atoms with Crippen molar-refractivity contribution in [1.29, 1.82) is 0 Å². The molecule has 178 valence electrons. The summed E-state index contributed by atoms with van der Waals surface area (Å²) < 4.78 is 15.1. The van der Waals surface area contributed by atoms with Gasteiger partial charge in [-0.2, -0.15) is 0 Å². The molecule has 0 saturated heterocycles. The van der Waals surface area contributed by atoms with E-state index < -0.39 is 7.14 Å². The summed E-state index contributed by atoms with van der Waals surface area (Å²) in [5, 5.41) is 14.8. The van der Waals surface area contributed by atoms with Gasteiger partial charge in [0.1, 0.15) is 0 Å². The molecule has 0 fully saturated rings. The lowest BCUT2D eigenvalue weighted by atomic mass is 9.98. The van der Waals surface area contributed by atoms with Crippen molar-refractivity contribution >= 4 is 29.0 Å². The van der Waals surface area contributed by atoms with Crippen molar-refractivity contribution in [3.63, 3.8) is 0 Å². The molecule has 35 heavy (non-hydrogen) atoms. The predicted octanol–water partition coefficient (Wildman–Crippen LogP) is 4.74. The number of carbonyl (C=O) groups is 1. The first-order valence-electron chi connectivity index (χ1n) is 11.8. The average molecular weight is 484 g/mol. The second-order valence-electron chi connectivity index (χ2n) is 8.85. The van der Waals surface area contributed by atoms with Crippen LogP contribution in [0.4, 0.5) is 0 Å². The summed E-state index contributed by atoms with van der Waals surface area (Å²) in [6, 6.07) is 33.6. The molecule has 4 rings (SSSR count).